The first kappa shape index (κ1) is 29.8. The van der Waals surface area contributed by atoms with E-state index in [4.69, 9.17) is 0 Å². The Bertz CT molecular complexity index is 747. The molecule has 0 amide bonds. The minimum Gasteiger partial charge on any atom is -0.545 e. The van der Waals surface area contributed by atoms with Crippen LogP contribution in [-0.2, 0) is 14.3 Å². The second kappa shape index (κ2) is 8.28. The van der Waals surface area contributed by atoms with E-state index in [1.165, 1.54) is 0 Å². The average Bonchev–Trinajstić information content (AvgIpc) is 2.54. The molecule has 0 N–H and O–H groups in total. The van der Waals surface area contributed by atoms with Crippen molar-refractivity contribution in [2.75, 3.05) is 0 Å². The van der Waals surface area contributed by atoms with E-state index >= 15 is 0 Å². The normalized spacial score (nSPS) is 16.2. The lowest BCUT2D eigenvalue weighted by Crippen LogP contribution is -2.72. The van der Waals surface area contributed by atoms with Crippen molar-refractivity contribution < 1.29 is 76.5 Å². The lowest BCUT2D eigenvalue weighted by Gasteiger charge is -2.44. The minimum absolute atomic E-state index is 0.203. The molecule has 0 aromatic heterocycles. The molecule has 0 aliphatic heterocycles. The third-order valence-electron chi connectivity index (χ3n) is 3.66. The van der Waals surface area contributed by atoms with Crippen molar-refractivity contribution in [2.45, 2.75) is 62.7 Å². The number of esters is 1. The van der Waals surface area contributed by atoms with Gasteiger partial charge < -0.3 is 14.6 Å². The molecule has 0 radical (unpaired) electrons. The summed E-state index contributed by atoms with van der Waals surface area (Å²) in [5, 5.41) is 10.1. The van der Waals surface area contributed by atoms with E-state index in [2.05, 4.69) is 4.74 Å². The zero-order chi connectivity index (χ0) is 26.4. The second-order valence-corrected chi connectivity index (χ2v) is 7.25. The molecule has 32 heavy (non-hydrogen) atoms. The Balaban J connectivity index is 6.63. The van der Waals surface area contributed by atoms with Gasteiger partial charge in [-0.25, -0.2) is 4.79 Å². The van der Waals surface area contributed by atoms with Crippen LogP contribution in [0.3, 0.4) is 0 Å². The van der Waals surface area contributed by atoms with E-state index in [0.29, 0.717) is 20.8 Å². The second-order valence-electron chi connectivity index (χ2n) is 7.25. The van der Waals surface area contributed by atoms with Crippen molar-refractivity contribution in [2.24, 2.45) is 5.41 Å². The number of carboxylic acid groups (broad SMARTS) is 1. The molecule has 0 aliphatic carbocycles. The monoisotopic (exact) mass is 503 g/mol. The van der Waals surface area contributed by atoms with Gasteiger partial charge in [-0.2, -0.15) is 57.1 Å². The number of carbonyl (C=O) groups excluding carboxylic acids is 2. The largest absolute Gasteiger partial charge is 0.545 e. The highest BCUT2D eigenvalue weighted by Crippen LogP contribution is 2.61. The molecular weight excluding hydrogens is 491 g/mol. The van der Waals surface area contributed by atoms with Gasteiger partial charge in [-0.15, -0.1) is 0 Å². The Morgan fingerprint density at radius 2 is 1.06 bits per heavy atom. The Hall–Kier alpha value is -2.23. The van der Waals surface area contributed by atoms with E-state index < -0.39 is 59.2 Å². The van der Waals surface area contributed by atoms with Crippen molar-refractivity contribution in [3.63, 3.8) is 0 Å². The molecule has 0 fully saturated rings. The number of halogens is 13. The molecule has 1 unspecified atom stereocenters. The van der Waals surface area contributed by atoms with Gasteiger partial charge in [0, 0.05) is 11.5 Å². The Kier molecular flexibility index (Phi) is 7.70. The smallest absolute Gasteiger partial charge is 0.460 e. The topological polar surface area (TPSA) is 66.4 Å². The molecule has 0 aromatic rings. The van der Waals surface area contributed by atoms with E-state index in [-0.39, 0.29) is 12.2 Å². The van der Waals surface area contributed by atoms with Gasteiger partial charge in [0.1, 0.15) is 0 Å². The number of hydrogen-bond donors (Lipinski definition) is 0. The van der Waals surface area contributed by atoms with Crippen LogP contribution in [0.4, 0.5) is 57.1 Å². The third-order valence-corrected chi connectivity index (χ3v) is 3.66. The summed E-state index contributed by atoms with van der Waals surface area (Å²) < 4.78 is 176. The zero-order valence-electron chi connectivity index (χ0n) is 15.8. The van der Waals surface area contributed by atoms with E-state index in [9.17, 15) is 71.8 Å². The van der Waals surface area contributed by atoms with Crippen molar-refractivity contribution in [3.8, 4) is 0 Å². The number of alkyl halides is 13. The molecule has 17 heteroatoms. The number of aliphatic carboxylic acids is 1. The summed E-state index contributed by atoms with van der Waals surface area (Å²) in [6.45, 7) is 1.45. The number of carboxylic acids is 1. The van der Waals surface area contributed by atoms with E-state index in [1.54, 1.807) is 0 Å². The summed E-state index contributed by atoms with van der Waals surface area (Å²) in [5.41, 5.74) is -2.57. The molecule has 0 heterocycles. The fourth-order valence-electron chi connectivity index (χ4n) is 2.03. The lowest BCUT2D eigenvalue weighted by atomic mass is 9.80. The molecule has 0 saturated heterocycles. The van der Waals surface area contributed by atoms with Gasteiger partial charge in [0.2, 0.25) is 0 Å². The summed E-state index contributed by atoms with van der Waals surface area (Å²) in [4.78, 5) is 21.5. The molecule has 1 atom stereocenters. The molecule has 0 aliphatic rings. The van der Waals surface area contributed by atoms with E-state index in [1.807, 2.05) is 0 Å². The molecule has 0 aromatic carbocycles. The molecule has 0 rings (SSSR count). The Morgan fingerprint density at radius 1 is 0.688 bits per heavy atom. The first-order valence-electron chi connectivity index (χ1n) is 7.75. The quantitative estimate of drug-likeness (QED) is 0.286. The van der Waals surface area contributed by atoms with Gasteiger partial charge in [0.05, 0.1) is 5.97 Å². The van der Waals surface area contributed by atoms with Crippen LogP contribution in [0.2, 0.25) is 0 Å². The van der Waals surface area contributed by atoms with Gasteiger partial charge in [-0.3, -0.25) is 0 Å². The maximum Gasteiger partial charge on any atom is 0.460 e. The fourth-order valence-corrected chi connectivity index (χ4v) is 2.03. The number of ether oxygens (including phenoxy) is 1. The SMILES string of the molecule is CC(C)(C)C(OC(=O)/C=C/C(=O)[O-])C(F)(F)C(F)(F)C(F)(F)C(F)(F)C(F)(F)C(F)(F)F. The van der Waals surface area contributed by atoms with Gasteiger partial charge in [-0.05, 0) is 6.08 Å². The van der Waals surface area contributed by atoms with E-state index in [0.717, 1.165) is 0 Å². The summed E-state index contributed by atoms with van der Waals surface area (Å²) in [5.74, 6) is -42.8. The standard InChI is InChI=1S/C15H13F13O4/c1-9(2,3)8(32-7(31)5-4-6(29)30)10(16,17)11(18,19)12(20,21)13(22,23)14(24,25)15(26,27)28/h4-5,8H,1-3H3,(H,29,30)/p-1/b5-4+. The van der Waals surface area contributed by atoms with Gasteiger partial charge in [0.25, 0.3) is 0 Å². The van der Waals surface area contributed by atoms with Crippen LogP contribution in [0.1, 0.15) is 20.8 Å². The van der Waals surface area contributed by atoms with Crippen molar-refractivity contribution in [1.29, 1.82) is 0 Å². The molecule has 0 saturated carbocycles. The summed E-state index contributed by atoms with van der Waals surface area (Å²) >= 11 is 0. The van der Waals surface area contributed by atoms with Crippen LogP contribution in [0, 0.1) is 5.41 Å². The zero-order valence-corrected chi connectivity index (χ0v) is 15.8. The van der Waals surface area contributed by atoms with Crippen molar-refractivity contribution in [3.05, 3.63) is 12.2 Å². The van der Waals surface area contributed by atoms with Crippen LogP contribution in [0.5, 0.6) is 0 Å². The summed E-state index contributed by atoms with van der Waals surface area (Å²) in [7, 11) is 0. The number of hydrogen-bond acceptors (Lipinski definition) is 4. The highest BCUT2D eigenvalue weighted by molar-refractivity contribution is 5.90. The third kappa shape index (κ3) is 4.89. The van der Waals surface area contributed by atoms with Crippen molar-refractivity contribution in [1.82, 2.24) is 0 Å². The van der Waals surface area contributed by atoms with Crippen LogP contribution < -0.4 is 5.11 Å². The van der Waals surface area contributed by atoms with Crippen LogP contribution >= 0.6 is 0 Å². The summed E-state index contributed by atoms with van der Waals surface area (Å²) in [6.07, 6.45) is -11.9. The average molecular weight is 503 g/mol. The first-order valence-corrected chi connectivity index (χ1v) is 7.75. The molecule has 0 spiro atoms. The summed E-state index contributed by atoms with van der Waals surface area (Å²) in [6, 6.07) is 0. The Labute approximate surface area is 170 Å². The van der Waals surface area contributed by atoms with Crippen LogP contribution in [0.25, 0.3) is 0 Å². The minimum atomic E-state index is -8.10. The highest BCUT2D eigenvalue weighted by Gasteiger charge is 2.91. The predicted molar refractivity (Wildman–Crippen MR) is 74.3 cm³/mol. The maximum atomic E-state index is 14.3. The van der Waals surface area contributed by atoms with Crippen LogP contribution in [0.15, 0.2) is 12.2 Å². The maximum absolute atomic E-state index is 14.3. The molecular formula is C15H12F13O4-. The van der Waals surface area contributed by atoms with Gasteiger partial charge in [-0.1, -0.05) is 20.8 Å². The Morgan fingerprint density at radius 3 is 1.38 bits per heavy atom. The molecule has 4 nitrogen and oxygen atoms in total. The fraction of sp³-hybridized carbons (Fsp3) is 0.733. The predicted octanol–water partition coefficient (Wildman–Crippen LogP) is 3.99. The number of carbonyl (C=O) groups is 2. The lowest BCUT2D eigenvalue weighted by molar-refractivity contribution is -0.446. The van der Waals surface area contributed by atoms with Crippen LogP contribution in [-0.4, -0.2) is 53.8 Å². The van der Waals surface area contributed by atoms with Gasteiger partial charge >= 0.3 is 41.8 Å². The first-order chi connectivity index (χ1) is 13.7. The highest BCUT2D eigenvalue weighted by atomic mass is 19.4. The van der Waals surface area contributed by atoms with Crippen molar-refractivity contribution >= 4 is 11.9 Å². The molecule has 188 valence electrons. The van der Waals surface area contributed by atoms with Gasteiger partial charge in [0.15, 0.2) is 6.10 Å². The number of rotatable bonds is 8. The molecule has 0 bridgehead atoms.